The first kappa shape index (κ1) is 31.7. The number of hydrogen-bond donors (Lipinski definition) is 3. The summed E-state index contributed by atoms with van der Waals surface area (Å²) in [5, 5.41) is 17.0. The summed E-state index contributed by atoms with van der Waals surface area (Å²) >= 11 is 1.35. The van der Waals surface area contributed by atoms with Crippen molar-refractivity contribution in [2.45, 2.75) is 28.4 Å². The lowest BCUT2D eigenvalue weighted by Crippen LogP contribution is -2.34. The fraction of sp³-hybridized carbons (Fsp3) is 0.176. The van der Waals surface area contributed by atoms with Crippen molar-refractivity contribution in [1.82, 2.24) is 5.32 Å². The zero-order valence-corrected chi connectivity index (χ0v) is 26.0. The van der Waals surface area contributed by atoms with E-state index in [9.17, 15) is 23.1 Å². The number of ether oxygens (including phenoxy) is 1. The number of rotatable bonds is 9. The molecule has 45 heavy (non-hydrogen) atoms. The van der Waals surface area contributed by atoms with Gasteiger partial charge < -0.3 is 15.2 Å². The number of sulfonamides is 1. The van der Waals surface area contributed by atoms with E-state index < -0.39 is 20.6 Å². The first-order chi connectivity index (χ1) is 21.6. The fourth-order valence-corrected chi connectivity index (χ4v) is 6.81. The summed E-state index contributed by atoms with van der Waals surface area (Å²) in [5.74, 6) is 6.12. The van der Waals surface area contributed by atoms with Crippen molar-refractivity contribution >= 4 is 39.3 Å². The SMILES string of the molecule is COc1ccc(CCNC(=O)C[C@H]2S[C@@H](c3ccc(C#Cc4ccccc4)cc3)N(c3ccc(S(N)(=O)=O)cc3)C2=O)cc1O. The van der Waals surface area contributed by atoms with Crippen LogP contribution < -0.4 is 20.1 Å². The Morgan fingerprint density at radius 3 is 2.27 bits per heavy atom. The Kier molecular flexibility index (Phi) is 9.78. The minimum absolute atomic E-state index is 0.0220. The highest BCUT2D eigenvalue weighted by Gasteiger charge is 2.42. The molecule has 230 valence electrons. The number of aromatic hydroxyl groups is 1. The van der Waals surface area contributed by atoms with Gasteiger partial charge in [0.25, 0.3) is 0 Å². The minimum Gasteiger partial charge on any atom is -0.504 e. The van der Waals surface area contributed by atoms with Crippen LogP contribution >= 0.6 is 11.8 Å². The number of methoxy groups -OCH3 is 1. The molecule has 1 fully saturated rings. The second-order valence-corrected chi connectivity index (χ2v) is 13.1. The monoisotopic (exact) mass is 641 g/mol. The number of anilines is 1. The molecule has 0 aromatic heterocycles. The molecule has 0 bridgehead atoms. The third kappa shape index (κ3) is 7.85. The molecule has 1 saturated heterocycles. The van der Waals surface area contributed by atoms with Crippen LogP contribution in [0.1, 0.15) is 34.0 Å². The van der Waals surface area contributed by atoms with Crippen molar-refractivity contribution in [1.29, 1.82) is 0 Å². The number of nitrogens with zero attached hydrogens (tertiary/aromatic N) is 1. The molecular formula is C34H31N3O6S2. The van der Waals surface area contributed by atoms with E-state index in [-0.39, 0.29) is 28.9 Å². The molecule has 1 heterocycles. The number of hydrogen-bond acceptors (Lipinski definition) is 7. The number of benzene rings is 4. The van der Waals surface area contributed by atoms with Gasteiger partial charge in [0.2, 0.25) is 21.8 Å². The molecule has 2 atom stereocenters. The van der Waals surface area contributed by atoms with Gasteiger partial charge >= 0.3 is 0 Å². The summed E-state index contributed by atoms with van der Waals surface area (Å²) < 4.78 is 28.7. The topological polar surface area (TPSA) is 139 Å². The van der Waals surface area contributed by atoms with Crippen LogP contribution in [0.15, 0.2) is 102 Å². The van der Waals surface area contributed by atoms with Crippen molar-refractivity contribution in [2.24, 2.45) is 5.14 Å². The molecule has 0 saturated carbocycles. The molecule has 9 nitrogen and oxygen atoms in total. The van der Waals surface area contributed by atoms with Crippen LogP contribution in [0.4, 0.5) is 5.69 Å². The normalized spacial score (nSPS) is 16.1. The van der Waals surface area contributed by atoms with Gasteiger partial charge in [0, 0.05) is 29.8 Å². The Morgan fingerprint density at radius 2 is 1.64 bits per heavy atom. The second-order valence-electron chi connectivity index (χ2n) is 10.3. The van der Waals surface area contributed by atoms with Gasteiger partial charge in [-0.15, -0.1) is 11.8 Å². The van der Waals surface area contributed by atoms with E-state index in [1.807, 2.05) is 60.7 Å². The number of nitrogens with one attached hydrogen (secondary N) is 1. The first-order valence-corrected chi connectivity index (χ1v) is 16.5. The molecule has 11 heteroatoms. The van der Waals surface area contributed by atoms with Gasteiger partial charge in [-0.1, -0.05) is 48.2 Å². The molecule has 0 spiro atoms. The highest BCUT2D eigenvalue weighted by molar-refractivity contribution is 8.01. The van der Waals surface area contributed by atoms with Crippen LogP contribution in [0.3, 0.4) is 0 Å². The molecule has 2 amide bonds. The highest BCUT2D eigenvalue weighted by atomic mass is 32.2. The summed E-state index contributed by atoms with van der Waals surface area (Å²) in [4.78, 5) is 28.2. The summed E-state index contributed by atoms with van der Waals surface area (Å²) in [6, 6.07) is 28.1. The van der Waals surface area contributed by atoms with Gasteiger partial charge in [0.15, 0.2) is 11.5 Å². The van der Waals surface area contributed by atoms with E-state index in [2.05, 4.69) is 17.2 Å². The largest absolute Gasteiger partial charge is 0.504 e. The number of phenols is 1. The van der Waals surface area contributed by atoms with Gasteiger partial charge in [-0.25, -0.2) is 13.6 Å². The van der Waals surface area contributed by atoms with E-state index in [1.54, 1.807) is 17.0 Å². The van der Waals surface area contributed by atoms with Gasteiger partial charge in [-0.2, -0.15) is 0 Å². The molecule has 4 N–H and O–H groups in total. The van der Waals surface area contributed by atoms with Crippen molar-refractivity contribution in [3.8, 4) is 23.3 Å². The van der Waals surface area contributed by atoms with Crippen molar-refractivity contribution < 1.29 is 27.9 Å². The maximum absolute atomic E-state index is 13.7. The summed E-state index contributed by atoms with van der Waals surface area (Å²) in [6.45, 7) is 0.323. The van der Waals surface area contributed by atoms with E-state index in [0.29, 0.717) is 24.4 Å². The van der Waals surface area contributed by atoms with Crippen molar-refractivity contribution in [3.05, 3.63) is 119 Å². The van der Waals surface area contributed by atoms with Crippen molar-refractivity contribution in [2.75, 3.05) is 18.6 Å². The maximum Gasteiger partial charge on any atom is 0.241 e. The standard InChI is InChI=1S/C34H31N3O6S2/c1-43-30-18-11-25(21-29(30)38)19-20-36-32(39)22-31-33(40)37(27-14-16-28(17-15-27)45(35,41)42)34(44-31)26-12-9-24(10-13-26)8-7-23-5-3-2-4-6-23/h2-6,9-18,21,31,34,38H,19-20,22H2,1H3,(H,36,39)(H2,35,41,42)/t31-,34+/m1/s1. The molecule has 0 unspecified atom stereocenters. The number of primary sulfonamides is 1. The van der Waals surface area contributed by atoms with Crippen LogP contribution in [-0.2, 0) is 26.0 Å². The summed E-state index contributed by atoms with van der Waals surface area (Å²) in [7, 11) is -2.44. The molecular weight excluding hydrogens is 611 g/mol. The summed E-state index contributed by atoms with van der Waals surface area (Å²) in [5.41, 5.74) is 3.85. The number of nitrogens with two attached hydrogens (primary N) is 1. The number of carbonyl (C=O) groups excluding carboxylic acids is 2. The van der Waals surface area contributed by atoms with Crippen LogP contribution in [0.5, 0.6) is 11.5 Å². The van der Waals surface area contributed by atoms with Crippen LogP contribution in [0, 0.1) is 11.8 Å². The minimum atomic E-state index is -3.91. The van der Waals surface area contributed by atoms with E-state index in [1.165, 1.54) is 43.1 Å². The molecule has 5 rings (SSSR count). The predicted molar refractivity (Wildman–Crippen MR) is 174 cm³/mol. The Bertz CT molecular complexity index is 1850. The Balaban J connectivity index is 1.32. The second kappa shape index (κ2) is 13.9. The molecule has 0 aliphatic carbocycles. The fourth-order valence-electron chi connectivity index (χ4n) is 4.84. The third-order valence-corrected chi connectivity index (χ3v) is 9.52. The number of phenolic OH excluding ortho intramolecular Hbond substituents is 1. The zero-order chi connectivity index (χ0) is 32.0. The van der Waals surface area contributed by atoms with Crippen LogP contribution in [0.25, 0.3) is 0 Å². The lowest BCUT2D eigenvalue weighted by Gasteiger charge is -2.24. The van der Waals surface area contributed by atoms with Crippen molar-refractivity contribution in [3.63, 3.8) is 0 Å². The lowest BCUT2D eigenvalue weighted by molar-refractivity contribution is -0.124. The molecule has 4 aromatic carbocycles. The van der Waals surface area contributed by atoms with Crippen LogP contribution in [0.2, 0.25) is 0 Å². The lowest BCUT2D eigenvalue weighted by atomic mass is 10.1. The predicted octanol–water partition coefficient (Wildman–Crippen LogP) is 4.34. The number of carbonyl (C=O) groups is 2. The Morgan fingerprint density at radius 1 is 0.978 bits per heavy atom. The molecule has 4 aromatic rings. The van der Waals surface area contributed by atoms with Gasteiger partial charge in [-0.05, 0) is 78.2 Å². The molecule has 1 aliphatic heterocycles. The first-order valence-electron chi connectivity index (χ1n) is 14.0. The average Bonchev–Trinajstić information content (AvgIpc) is 3.35. The molecule has 0 radical (unpaired) electrons. The number of amides is 2. The Hall–Kier alpha value is -4.76. The van der Waals surface area contributed by atoms with E-state index in [4.69, 9.17) is 9.88 Å². The highest BCUT2D eigenvalue weighted by Crippen LogP contribution is 2.46. The smallest absolute Gasteiger partial charge is 0.241 e. The Labute approximate surface area is 266 Å². The summed E-state index contributed by atoms with van der Waals surface area (Å²) in [6.07, 6.45) is 0.444. The van der Waals surface area contributed by atoms with Gasteiger partial charge in [-0.3, -0.25) is 14.5 Å². The van der Waals surface area contributed by atoms with Gasteiger partial charge in [0.05, 0.1) is 17.3 Å². The quantitative estimate of drug-likeness (QED) is 0.231. The van der Waals surface area contributed by atoms with E-state index >= 15 is 0 Å². The van der Waals surface area contributed by atoms with E-state index in [0.717, 1.165) is 22.3 Å². The average molecular weight is 642 g/mol. The van der Waals surface area contributed by atoms with Gasteiger partial charge in [0.1, 0.15) is 5.37 Å². The zero-order valence-electron chi connectivity index (χ0n) is 24.3. The number of thioether (sulfide) groups is 1. The van der Waals surface area contributed by atoms with Crippen LogP contribution in [-0.4, -0.2) is 44.2 Å². The molecule has 1 aliphatic rings. The third-order valence-electron chi connectivity index (χ3n) is 7.15. The maximum atomic E-state index is 13.7.